The predicted octanol–water partition coefficient (Wildman–Crippen LogP) is 0.0629. The minimum Gasteiger partial charge on any atom is -0.378 e. The molecular formula is C15H29N3O3S. The molecule has 0 amide bonds. The van der Waals surface area contributed by atoms with Crippen LogP contribution in [0.3, 0.4) is 0 Å². The number of hydrogen-bond donors (Lipinski definition) is 0. The second-order valence-corrected chi connectivity index (χ2v) is 10.4. The maximum atomic E-state index is 12.1. The molecule has 1 spiro atoms. The molecule has 128 valence electrons. The van der Waals surface area contributed by atoms with E-state index in [1.54, 1.807) is 4.31 Å². The average molecular weight is 331 g/mol. The molecule has 3 aliphatic rings. The summed E-state index contributed by atoms with van der Waals surface area (Å²) in [5.74, 6) is 0. The smallest absolute Gasteiger partial charge is 0.211 e. The highest BCUT2D eigenvalue weighted by atomic mass is 32.2. The van der Waals surface area contributed by atoms with E-state index in [0.29, 0.717) is 19.7 Å². The maximum absolute atomic E-state index is 12.1. The third kappa shape index (κ3) is 3.19. The second-order valence-electron chi connectivity index (χ2n) is 8.41. The molecule has 3 fully saturated rings. The fourth-order valence-corrected chi connectivity index (χ4v) is 5.17. The van der Waals surface area contributed by atoms with Crippen molar-refractivity contribution in [3.63, 3.8) is 0 Å². The van der Waals surface area contributed by atoms with Gasteiger partial charge in [0.2, 0.25) is 10.0 Å². The fourth-order valence-electron chi connectivity index (χ4n) is 4.25. The van der Waals surface area contributed by atoms with Gasteiger partial charge in [-0.25, -0.2) is 8.42 Å². The zero-order valence-electron chi connectivity index (χ0n) is 14.2. The van der Waals surface area contributed by atoms with Gasteiger partial charge in [-0.2, -0.15) is 4.31 Å². The lowest BCUT2D eigenvalue weighted by molar-refractivity contribution is -0.156. The second kappa shape index (κ2) is 5.41. The van der Waals surface area contributed by atoms with Crippen LogP contribution >= 0.6 is 0 Å². The average Bonchev–Trinajstić information content (AvgIpc) is 2.33. The molecule has 0 radical (unpaired) electrons. The van der Waals surface area contributed by atoms with Crippen molar-refractivity contribution < 1.29 is 13.2 Å². The summed E-state index contributed by atoms with van der Waals surface area (Å²) in [5, 5.41) is 0. The Bertz CT molecular complexity index is 523. The number of ether oxygens (including phenoxy) is 1. The van der Waals surface area contributed by atoms with Crippen LogP contribution in [-0.4, -0.2) is 92.8 Å². The Morgan fingerprint density at radius 2 is 1.91 bits per heavy atom. The summed E-state index contributed by atoms with van der Waals surface area (Å²) in [5.41, 5.74) is 0.262. The van der Waals surface area contributed by atoms with Gasteiger partial charge in [0, 0.05) is 45.3 Å². The van der Waals surface area contributed by atoms with E-state index in [1.165, 1.54) is 6.26 Å². The van der Waals surface area contributed by atoms with Crippen LogP contribution in [-0.2, 0) is 14.8 Å². The molecule has 0 saturated carbocycles. The third-order valence-electron chi connectivity index (χ3n) is 4.92. The van der Waals surface area contributed by atoms with Gasteiger partial charge in [0.15, 0.2) is 0 Å². The Hall–Kier alpha value is -0.210. The van der Waals surface area contributed by atoms with Gasteiger partial charge in [-0.3, -0.25) is 9.80 Å². The maximum Gasteiger partial charge on any atom is 0.211 e. The van der Waals surface area contributed by atoms with Crippen LogP contribution in [0.4, 0.5) is 0 Å². The Morgan fingerprint density at radius 3 is 2.50 bits per heavy atom. The van der Waals surface area contributed by atoms with Crippen LogP contribution in [0.1, 0.15) is 20.8 Å². The molecular weight excluding hydrogens is 302 g/mol. The number of piperazine rings is 1. The van der Waals surface area contributed by atoms with Crippen molar-refractivity contribution in [1.82, 2.24) is 14.1 Å². The van der Waals surface area contributed by atoms with Crippen molar-refractivity contribution in [2.24, 2.45) is 5.41 Å². The third-order valence-corrected chi connectivity index (χ3v) is 6.14. The molecule has 22 heavy (non-hydrogen) atoms. The number of sulfonamides is 1. The topological polar surface area (TPSA) is 53.1 Å². The number of fused-ring (bicyclic) bond motifs is 2. The normalized spacial score (nSPS) is 31.0. The van der Waals surface area contributed by atoms with Crippen molar-refractivity contribution in [2.45, 2.75) is 32.4 Å². The molecule has 0 aromatic carbocycles. The summed E-state index contributed by atoms with van der Waals surface area (Å²) in [4.78, 5) is 4.98. The van der Waals surface area contributed by atoms with E-state index in [-0.39, 0.29) is 17.0 Å². The molecule has 0 aromatic heterocycles. The van der Waals surface area contributed by atoms with Gasteiger partial charge in [-0.15, -0.1) is 0 Å². The Morgan fingerprint density at radius 1 is 1.23 bits per heavy atom. The lowest BCUT2D eigenvalue weighted by Crippen LogP contribution is -2.81. The zero-order chi connectivity index (χ0) is 16.2. The Balaban J connectivity index is 1.76. The number of nitrogens with zero attached hydrogens (tertiary/aromatic N) is 3. The summed E-state index contributed by atoms with van der Waals surface area (Å²) < 4.78 is 31.4. The molecule has 3 aliphatic heterocycles. The highest BCUT2D eigenvalue weighted by Gasteiger charge is 2.55. The minimum absolute atomic E-state index is 0.0129. The Kier molecular flexibility index (Phi) is 4.09. The van der Waals surface area contributed by atoms with E-state index >= 15 is 0 Å². The van der Waals surface area contributed by atoms with Crippen molar-refractivity contribution in [3.8, 4) is 0 Å². The van der Waals surface area contributed by atoms with Gasteiger partial charge in [-0.1, -0.05) is 20.8 Å². The highest BCUT2D eigenvalue weighted by molar-refractivity contribution is 7.88. The Labute approximate surface area is 134 Å². The standard InChI is InChI=1S/C15H29N3O3S/c1-14(2,3)9-16-10-15(11-16)12-17(22(4,19)20)7-13-8-21-6-5-18(13)15/h13H,5-12H2,1-4H3/t13-/m1/s1. The lowest BCUT2D eigenvalue weighted by atomic mass is 9.81. The predicted molar refractivity (Wildman–Crippen MR) is 86.4 cm³/mol. The van der Waals surface area contributed by atoms with Crippen LogP contribution in [0.15, 0.2) is 0 Å². The minimum atomic E-state index is -3.14. The molecule has 6 nitrogen and oxygen atoms in total. The SMILES string of the molecule is CC(C)(C)CN1CC2(C1)CN(S(C)(=O)=O)C[C@@H]1COCCN12. The molecule has 1 atom stereocenters. The highest BCUT2D eigenvalue weighted by Crippen LogP contribution is 2.37. The molecule has 7 heteroatoms. The summed E-state index contributed by atoms with van der Waals surface area (Å²) in [6.45, 7) is 13.3. The molecule has 0 aliphatic carbocycles. The summed E-state index contributed by atoms with van der Waals surface area (Å²) >= 11 is 0. The summed E-state index contributed by atoms with van der Waals surface area (Å²) in [6, 6.07) is 0.203. The van der Waals surface area contributed by atoms with Gasteiger partial charge in [0.25, 0.3) is 0 Å². The van der Waals surface area contributed by atoms with Crippen LogP contribution in [0.2, 0.25) is 0 Å². The van der Waals surface area contributed by atoms with E-state index in [0.717, 1.165) is 32.8 Å². The van der Waals surface area contributed by atoms with Crippen molar-refractivity contribution in [3.05, 3.63) is 0 Å². The van der Waals surface area contributed by atoms with Crippen LogP contribution in [0, 0.1) is 5.41 Å². The van der Waals surface area contributed by atoms with Crippen molar-refractivity contribution in [2.75, 3.05) is 58.7 Å². The first kappa shape index (κ1) is 16.6. The first-order chi connectivity index (χ1) is 10.1. The zero-order valence-corrected chi connectivity index (χ0v) is 15.0. The molecule has 3 heterocycles. The fraction of sp³-hybridized carbons (Fsp3) is 1.00. The number of hydrogen-bond acceptors (Lipinski definition) is 5. The summed E-state index contributed by atoms with van der Waals surface area (Å²) in [6.07, 6.45) is 1.33. The molecule has 0 unspecified atom stereocenters. The van der Waals surface area contributed by atoms with E-state index in [4.69, 9.17) is 4.74 Å². The first-order valence-electron chi connectivity index (χ1n) is 8.11. The van der Waals surface area contributed by atoms with Gasteiger partial charge in [-0.05, 0) is 5.41 Å². The quantitative estimate of drug-likeness (QED) is 0.716. The first-order valence-corrected chi connectivity index (χ1v) is 9.96. The van der Waals surface area contributed by atoms with Crippen LogP contribution in [0.25, 0.3) is 0 Å². The number of rotatable bonds is 2. The van der Waals surface area contributed by atoms with Crippen LogP contribution in [0.5, 0.6) is 0 Å². The van der Waals surface area contributed by atoms with Crippen LogP contribution < -0.4 is 0 Å². The van der Waals surface area contributed by atoms with Gasteiger partial charge < -0.3 is 4.74 Å². The van der Waals surface area contributed by atoms with Gasteiger partial charge >= 0.3 is 0 Å². The molecule has 0 bridgehead atoms. The molecule has 0 aromatic rings. The number of morpholine rings is 1. The van der Waals surface area contributed by atoms with E-state index < -0.39 is 10.0 Å². The van der Waals surface area contributed by atoms with E-state index in [1.807, 2.05) is 0 Å². The molecule has 3 rings (SSSR count). The lowest BCUT2D eigenvalue weighted by Gasteiger charge is -2.63. The molecule has 0 N–H and O–H groups in total. The van der Waals surface area contributed by atoms with Gasteiger partial charge in [0.1, 0.15) is 0 Å². The van der Waals surface area contributed by atoms with Gasteiger partial charge in [0.05, 0.1) is 25.0 Å². The monoisotopic (exact) mass is 331 g/mol. The van der Waals surface area contributed by atoms with E-state index in [2.05, 4.69) is 30.6 Å². The number of likely N-dealkylation sites (tertiary alicyclic amines) is 1. The van der Waals surface area contributed by atoms with E-state index in [9.17, 15) is 8.42 Å². The van der Waals surface area contributed by atoms with Crippen molar-refractivity contribution in [1.29, 1.82) is 0 Å². The molecule has 3 saturated heterocycles. The van der Waals surface area contributed by atoms with Crippen molar-refractivity contribution >= 4 is 10.0 Å². The summed E-state index contributed by atoms with van der Waals surface area (Å²) in [7, 11) is -3.14. The largest absolute Gasteiger partial charge is 0.378 e.